The van der Waals surface area contributed by atoms with Crippen molar-refractivity contribution < 1.29 is 4.79 Å². The van der Waals surface area contributed by atoms with Gasteiger partial charge in [0.25, 0.3) is 0 Å². The summed E-state index contributed by atoms with van der Waals surface area (Å²) in [7, 11) is 0. The molecule has 1 heterocycles. The summed E-state index contributed by atoms with van der Waals surface area (Å²) in [6, 6.07) is 9.21. The van der Waals surface area contributed by atoms with Crippen LogP contribution in [0.1, 0.15) is 25.6 Å². The van der Waals surface area contributed by atoms with E-state index in [1.807, 2.05) is 42.6 Å². The first kappa shape index (κ1) is 14.5. The normalized spacial score (nSPS) is 11.9. The molecule has 0 spiro atoms. The van der Waals surface area contributed by atoms with Gasteiger partial charge in [-0.25, -0.2) is 9.78 Å². The van der Waals surface area contributed by atoms with E-state index in [2.05, 4.69) is 27.9 Å². The fraction of sp³-hybridized carbons (Fsp3) is 0.286. The van der Waals surface area contributed by atoms with Crippen molar-refractivity contribution in [3.8, 4) is 0 Å². The number of rotatable bonds is 5. The van der Waals surface area contributed by atoms with E-state index < -0.39 is 0 Å². The number of para-hydroxylation sites is 1. The summed E-state index contributed by atoms with van der Waals surface area (Å²) in [4.78, 5) is 16.2. The van der Waals surface area contributed by atoms with Crippen molar-refractivity contribution in [2.75, 3.05) is 17.2 Å². The lowest BCUT2D eigenvalue weighted by Gasteiger charge is -2.08. The third-order valence-electron chi connectivity index (χ3n) is 2.73. The number of benzene rings is 1. The summed E-state index contributed by atoms with van der Waals surface area (Å²) in [6.07, 6.45) is 0. The molecule has 0 aliphatic carbocycles. The van der Waals surface area contributed by atoms with Crippen LogP contribution in [0.3, 0.4) is 0 Å². The van der Waals surface area contributed by atoms with Crippen molar-refractivity contribution in [1.82, 2.24) is 10.3 Å². The second-order valence-corrected chi connectivity index (χ2v) is 5.16. The molecule has 1 unspecified atom stereocenters. The third-order valence-corrected chi connectivity index (χ3v) is 3.50. The summed E-state index contributed by atoms with van der Waals surface area (Å²) in [6.45, 7) is 4.98. The number of amides is 2. The van der Waals surface area contributed by atoms with E-state index in [-0.39, 0.29) is 12.1 Å². The average molecular weight is 290 g/mol. The molecule has 0 saturated heterocycles. The molecule has 1 aromatic heterocycles. The molecule has 0 bridgehead atoms. The van der Waals surface area contributed by atoms with E-state index >= 15 is 0 Å². The Bertz CT molecular complexity index is 555. The van der Waals surface area contributed by atoms with Crippen LogP contribution in [-0.2, 0) is 0 Å². The highest BCUT2D eigenvalue weighted by Crippen LogP contribution is 2.20. The molecule has 2 aromatic rings. The molecular formula is C14H18N4OS. The molecule has 0 aliphatic heterocycles. The van der Waals surface area contributed by atoms with Gasteiger partial charge in [-0.15, -0.1) is 11.3 Å². The Morgan fingerprint density at radius 1 is 1.30 bits per heavy atom. The lowest BCUT2D eigenvalue weighted by Crippen LogP contribution is -2.20. The van der Waals surface area contributed by atoms with E-state index in [4.69, 9.17) is 0 Å². The number of nitrogens with zero attached hydrogens (tertiary/aromatic N) is 1. The zero-order valence-corrected chi connectivity index (χ0v) is 12.3. The van der Waals surface area contributed by atoms with Gasteiger partial charge in [-0.05, 0) is 25.6 Å². The zero-order chi connectivity index (χ0) is 14.4. The first-order valence-corrected chi connectivity index (χ1v) is 7.39. The van der Waals surface area contributed by atoms with Crippen LogP contribution in [0.5, 0.6) is 0 Å². The first-order chi connectivity index (χ1) is 9.69. The number of thiazole rings is 1. The Balaban J connectivity index is 1.92. The number of hydrogen-bond donors (Lipinski definition) is 3. The van der Waals surface area contributed by atoms with E-state index in [9.17, 15) is 4.79 Å². The molecule has 20 heavy (non-hydrogen) atoms. The number of carbonyl (C=O) groups is 1. The SMILES string of the molecule is CCNC(C)c1csc(NC(=O)Nc2ccccc2)n1. The van der Waals surface area contributed by atoms with Crippen molar-refractivity contribution >= 4 is 28.2 Å². The molecule has 0 fully saturated rings. The lowest BCUT2D eigenvalue weighted by molar-refractivity contribution is 0.262. The number of carbonyl (C=O) groups excluding carboxylic acids is 1. The van der Waals surface area contributed by atoms with Gasteiger partial charge < -0.3 is 10.6 Å². The fourth-order valence-electron chi connectivity index (χ4n) is 1.73. The standard InChI is InChI=1S/C14H18N4OS/c1-3-15-10(2)12-9-20-14(17-12)18-13(19)16-11-7-5-4-6-8-11/h4-10,15H,3H2,1-2H3,(H2,16,17,18,19). The number of nitrogens with one attached hydrogen (secondary N) is 3. The fourth-order valence-corrected chi connectivity index (χ4v) is 2.53. The summed E-state index contributed by atoms with van der Waals surface area (Å²) in [5.41, 5.74) is 1.69. The molecule has 5 nitrogen and oxygen atoms in total. The van der Waals surface area contributed by atoms with Crippen LogP contribution in [0.25, 0.3) is 0 Å². The van der Waals surface area contributed by atoms with E-state index in [1.165, 1.54) is 11.3 Å². The van der Waals surface area contributed by atoms with Crippen molar-refractivity contribution in [1.29, 1.82) is 0 Å². The summed E-state index contributed by atoms with van der Waals surface area (Å²) >= 11 is 1.42. The predicted octanol–water partition coefficient (Wildman–Crippen LogP) is 3.46. The van der Waals surface area contributed by atoms with Crippen LogP contribution in [-0.4, -0.2) is 17.6 Å². The molecule has 106 valence electrons. The van der Waals surface area contributed by atoms with Gasteiger partial charge in [0.2, 0.25) is 0 Å². The Kier molecular flexibility index (Phi) is 5.09. The highest BCUT2D eigenvalue weighted by atomic mass is 32.1. The maximum Gasteiger partial charge on any atom is 0.325 e. The van der Waals surface area contributed by atoms with Crippen molar-refractivity contribution in [3.05, 3.63) is 41.4 Å². The van der Waals surface area contributed by atoms with Crippen LogP contribution in [0, 0.1) is 0 Å². The van der Waals surface area contributed by atoms with Gasteiger partial charge in [0.15, 0.2) is 5.13 Å². The van der Waals surface area contributed by atoms with Crippen LogP contribution in [0.15, 0.2) is 35.7 Å². The molecule has 1 aromatic carbocycles. The monoisotopic (exact) mass is 290 g/mol. The number of aromatic nitrogens is 1. The number of urea groups is 1. The lowest BCUT2D eigenvalue weighted by atomic mass is 10.3. The molecule has 2 rings (SSSR count). The highest BCUT2D eigenvalue weighted by Gasteiger charge is 2.10. The minimum absolute atomic E-state index is 0.184. The summed E-state index contributed by atoms with van der Waals surface area (Å²) in [5, 5.41) is 11.3. The highest BCUT2D eigenvalue weighted by molar-refractivity contribution is 7.13. The predicted molar refractivity (Wildman–Crippen MR) is 83.3 cm³/mol. The van der Waals surface area contributed by atoms with Gasteiger partial charge >= 0.3 is 6.03 Å². The van der Waals surface area contributed by atoms with Crippen molar-refractivity contribution in [3.63, 3.8) is 0 Å². The van der Waals surface area contributed by atoms with Crippen molar-refractivity contribution in [2.24, 2.45) is 0 Å². The maximum absolute atomic E-state index is 11.8. The van der Waals surface area contributed by atoms with Crippen LogP contribution < -0.4 is 16.0 Å². The quantitative estimate of drug-likeness (QED) is 0.790. The molecule has 2 amide bonds. The molecule has 0 saturated carbocycles. The van der Waals surface area contributed by atoms with Crippen LogP contribution in [0.2, 0.25) is 0 Å². The van der Waals surface area contributed by atoms with E-state index in [0.717, 1.165) is 17.9 Å². The van der Waals surface area contributed by atoms with Gasteiger partial charge in [-0.1, -0.05) is 25.1 Å². The van der Waals surface area contributed by atoms with Gasteiger partial charge in [-0.3, -0.25) is 5.32 Å². The van der Waals surface area contributed by atoms with Gasteiger partial charge in [0.1, 0.15) is 0 Å². The van der Waals surface area contributed by atoms with Crippen molar-refractivity contribution in [2.45, 2.75) is 19.9 Å². The molecule has 0 radical (unpaired) electrons. The van der Waals surface area contributed by atoms with Gasteiger partial charge in [-0.2, -0.15) is 0 Å². The topological polar surface area (TPSA) is 66.0 Å². The largest absolute Gasteiger partial charge is 0.325 e. The molecular weight excluding hydrogens is 272 g/mol. The Morgan fingerprint density at radius 2 is 2.05 bits per heavy atom. The summed E-state index contributed by atoms with van der Waals surface area (Å²) < 4.78 is 0. The minimum atomic E-state index is -0.284. The van der Waals surface area contributed by atoms with Crippen LogP contribution in [0.4, 0.5) is 15.6 Å². The Hall–Kier alpha value is -1.92. The molecule has 3 N–H and O–H groups in total. The third kappa shape index (κ3) is 4.04. The number of anilines is 2. The Morgan fingerprint density at radius 3 is 2.75 bits per heavy atom. The minimum Gasteiger partial charge on any atom is -0.309 e. The number of hydrogen-bond acceptors (Lipinski definition) is 4. The first-order valence-electron chi connectivity index (χ1n) is 6.51. The Labute approximate surface area is 122 Å². The second kappa shape index (κ2) is 7.02. The van der Waals surface area contributed by atoms with Crippen LogP contribution >= 0.6 is 11.3 Å². The molecule has 6 heteroatoms. The second-order valence-electron chi connectivity index (χ2n) is 4.30. The van der Waals surface area contributed by atoms with Gasteiger partial charge in [0.05, 0.1) is 5.69 Å². The smallest absolute Gasteiger partial charge is 0.309 e. The van der Waals surface area contributed by atoms with E-state index in [1.54, 1.807) is 0 Å². The average Bonchev–Trinajstić information content (AvgIpc) is 2.88. The van der Waals surface area contributed by atoms with Gasteiger partial charge in [0, 0.05) is 17.1 Å². The molecule has 0 aliphatic rings. The zero-order valence-electron chi connectivity index (χ0n) is 11.5. The maximum atomic E-state index is 11.8. The van der Waals surface area contributed by atoms with E-state index in [0.29, 0.717) is 5.13 Å². The molecule has 1 atom stereocenters. The summed E-state index contributed by atoms with van der Waals surface area (Å²) in [5.74, 6) is 0.